The Hall–Kier alpha value is -0.810. The van der Waals surface area contributed by atoms with E-state index in [4.69, 9.17) is 10.5 Å². The van der Waals surface area contributed by atoms with Gasteiger partial charge in [-0.2, -0.15) is 0 Å². The molecule has 2 saturated carbocycles. The highest BCUT2D eigenvalue weighted by molar-refractivity contribution is 5.78. The molecule has 3 rings (SSSR count). The summed E-state index contributed by atoms with van der Waals surface area (Å²) in [5, 5.41) is 3.30. The van der Waals surface area contributed by atoms with Gasteiger partial charge in [0.25, 0.3) is 0 Å². The summed E-state index contributed by atoms with van der Waals surface area (Å²) >= 11 is 0. The van der Waals surface area contributed by atoms with Crippen LogP contribution in [0.3, 0.4) is 0 Å². The maximum absolute atomic E-state index is 5.94. The van der Waals surface area contributed by atoms with E-state index in [9.17, 15) is 0 Å². The molecule has 2 aliphatic carbocycles. The Labute approximate surface area is 109 Å². The van der Waals surface area contributed by atoms with Gasteiger partial charge < -0.3 is 15.8 Å². The van der Waals surface area contributed by atoms with Crippen LogP contribution >= 0.6 is 0 Å². The van der Waals surface area contributed by atoms with Gasteiger partial charge in [0, 0.05) is 24.7 Å². The summed E-state index contributed by atoms with van der Waals surface area (Å²) in [4.78, 5) is 7.09. The van der Waals surface area contributed by atoms with Crippen molar-refractivity contribution in [2.24, 2.45) is 10.7 Å². The Kier molecular flexibility index (Phi) is 3.43. The lowest BCUT2D eigenvalue weighted by molar-refractivity contribution is 0.0117. The fourth-order valence-electron chi connectivity index (χ4n) is 2.80. The van der Waals surface area contributed by atoms with E-state index >= 15 is 0 Å². The Bertz CT molecular complexity index is 317. The summed E-state index contributed by atoms with van der Waals surface area (Å²) in [6.07, 6.45) is 6.32. The Morgan fingerprint density at radius 3 is 2.61 bits per heavy atom. The molecule has 0 aromatic rings. The first-order valence-corrected chi connectivity index (χ1v) is 7.18. The molecule has 5 nitrogen and oxygen atoms in total. The van der Waals surface area contributed by atoms with Crippen LogP contribution in [0.1, 0.15) is 32.1 Å². The van der Waals surface area contributed by atoms with Crippen LogP contribution in [-0.4, -0.2) is 55.3 Å². The summed E-state index contributed by atoms with van der Waals surface area (Å²) in [6.45, 7) is 4.66. The van der Waals surface area contributed by atoms with Gasteiger partial charge in [-0.25, -0.2) is 0 Å². The third-order valence-electron chi connectivity index (χ3n) is 4.51. The maximum atomic E-state index is 5.94. The number of guanidine groups is 1. The van der Waals surface area contributed by atoms with Crippen LogP contribution in [0, 0.1) is 0 Å². The SMILES string of the molecule is NC(=NCC1(N2CCOCC2)CC1)NC1CCC1. The molecule has 0 spiro atoms. The van der Waals surface area contributed by atoms with Gasteiger partial charge in [-0.3, -0.25) is 9.89 Å². The van der Waals surface area contributed by atoms with Gasteiger partial charge >= 0.3 is 0 Å². The van der Waals surface area contributed by atoms with Crippen LogP contribution < -0.4 is 11.1 Å². The summed E-state index contributed by atoms with van der Waals surface area (Å²) in [6, 6.07) is 0.576. The highest BCUT2D eigenvalue weighted by atomic mass is 16.5. The predicted molar refractivity (Wildman–Crippen MR) is 71.6 cm³/mol. The molecule has 0 aromatic carbocycles. The second kappa shape index (κ2) is 5.05. The lowest BCUT2D eigenvalue weighted by Crippen LogP contribution is -2.48. The third-order valence-corrected chi connectivity index (χ3v) is 4.51. The molecule has 3 fully saturated rings. The molecule has 0 amide bonds. The minimum Gasteiger partial charge on any atom is -0.379 e. The molecule has 3 aliphatic rings. The smallest absolute Gasteiger partial charge is 0.188 e. The van der Waals surface area contributed by atoms with E-state index in [1.54, 1.807) is 0 Å². The highest BCUT2D eigenvalue weighted by Gasteiger charge is 2.48. The zero-order chi connectivity index (χ0) is 12.4. The summed E-state index contributed by atoms with van der Waals surface area (Å²) in [7, 11) is 0. The molecular weight excluding hydrogens is 228 g/mol. The van der Waals surface area contributed by atoms with Gasteiger partial charge in [0.2, 0.25) is 0 Å². The van der Waals surface area contributed by atoms with E-state index in [1.807, 2.05) is 0 Å². The Balaban J connectivity index is 1.50. The fraction of sp³-hybridized carbons (Fsp3) is 0.923. The average Bonchev–Trinajstić information content (AvgIpc) is 3.14. The van der Waals surface area contributed by atoms with Gasteiger partial charge in [0.15, 0.2) is 5.96 Å². The molecule has 0 unspecified atom stereocenters. The van der Waals surface area contributed by atoms with E-state index < -0.39 is 0 Å². The minimum absolute atomic E-state index is 0.301. The van der Waals surface area contributed by atoms with Gasteiger partial charge in [0.1, 0.15) is 0 Å². The molecule has 0 bridgehead atoms. The predicted octanol–water partition coefficient (Wildman–Crippen LogP) is 0.308. The van der Waals surface area contributed by atoms with Crippen molar-refractivity contribution in [3.63, 3.8) is 0 Å². The summed E-state index contributed by atoms with van der Waals surface area (Å²) in [5.41, 5.74) is 6.25. The second-order valence-corrected chi connectivity index (χ2v) is 5.80. The van der Waals surface area contributed by atoms with Crippen LogP contribution in [0.4, 0.5) is 0 Å². The molecule has 1 saturated heterocycles. The van der Waals surface area contributed by atoms with E-state index in [0.717, 1.165) is 32.8 Å². The van der Waals surface area contributed by atoms with Crippen LogP contribution in [0.5, 0.6) is 0 Å². The number of morpholine rings is 1. The number of nitrogens with one attached hydrogen (secondary N) is 1. The molecule has 0 radical (unpaired) electrons. The lowest BCUT2D eigenvalue weighted by Gasteiger charge is -2.34. The average molecular weight is 252 g/mol. The molecule has 1 heterocycles. The van der Waals surface area contributed by atoms with Crippen LogP contribution in [0.15, 0.2) is 4.99 Å². The largest absolute Gasteiger partial charge is 0.379 e. The fourth-order valence-corrected chi connectivity index (χ4v) is 2.80. The summed E-state index contributed by atoms with van der Waals surface area (Å²) in [5.74, 6) is 0.638. The first kappa shape index (κ1) is 12.2. The van der Waals surface area contributed by atoms with Crippen molar-refractivity contribution < 1.29 is 4.74 Å². The number of aliphatic imine (C=N–C) groups is 1. The zero-order valence-electron chi connectivity index (χ0n) is 11.0. The van der Waals surface area contributed by atoms with E-state index in [-0.39, 0.29) is 0 Å². The molecule has 0 aromatic heterocycles. The standard InChI is InChI=1S/C13H24N4O/c14-12(16-11-2-1-3-11)15-10-13(4-5-13)17-6-8-18-9-7-17/h11H,1-10H2,(H3,14,15,16). The second-order valence-electron chi connectivity index (χ2n) is 5.80. The van der Waals surface area contributed by atoms with Gasteiger partial charge in [-0.15, -0.1) is 0 Å². The topological polar surface area (TPSA) is 62.9 Å². The van der Waals surface area contributed by atoms with Crippen molar-refractivity contribution in [3.8, 4) is 0 Å². The Morgan fingerprint density at radius 2 is 2.06 bits per heavy atom. The Morgan fingerprint density at radius 1 is 1.33 bits per heavy atom. The number of hydrogen-bond acceptors (Lipinski definition) is 3. The van der Waals surface area contributed by atoms with Crippen molar-refractivity contribution in [3.05, 3.63) is 0 Å². The monoisotopic (exact) mass is 252 g/mol. The van der Waals surface area contributed by atoms with Crippen molar-refractivity contribution >= 4 is 5.96 Å². The molecule has 3 N–H and O–H groups in total. The van der Waals surface area contributed by atoms with Crippen molar-refractivity contribution in [2.75, 3.05) is 32.8 Å². The lowest BCUT2D eigenvalue weighted by atomic mass is 9.93. The van der Waals surface area contributed by atoms with E-state index in [0.29, 0.717) is 17.5 Å². The molecular formula is C13H24N4O. The van der Waals surface area contributed by atoms with Gasteiger partial charge in [-0.1, -0.05) is 0 Å². The van der Waals surface area contributed by atoms with Crippen LogP contribution in [0.2, 0.25) is 0 Å². The number of ether oxygens (including phenoxy) is 1. The third kappa shape index (κ3) is 2.62. The van der Waals surface area contributed by atoms with E-state index in [1.165, 1.54) is 32.1 Å². The maximum Gasteiger partial charge on any atom is 0.188 e. The highest BCUT2D eigenvalue weighted by Crippen LogP contribution is 2.42. The van der Waals surface area contributed by atoms with E-state index in [2.05, 4.69) is 15.2 Å². The minimum atomic E-state index is 0.301. The van der Waals surface area contributed by atoms with Gasteiger partial charge in [-0.05, 0) is 32.1 Å². The first-order chi connectivity index (χ1) is 8.78. The molecule has 0 atom stereocenters. The van der Waals surface area contributed by atoms with Crippen molar-refractivity contribution in [1.82, 2.24) is 10.2 Å². The quantitative estimate of drug-likeness (QED) is 0.558. The molecule has 1 aliphatic heterocycles. The molecule has 18 heavy (non-hydrogen) atoms. The number of nitrogens with zero attached hydrogens (tertiary/aromatic N) is 2. The van der Waals surface area contributed by atoms with Crippen molar-refractivity contribution in [1.29, 1.82) is 0 Å². The van der Waals surface area contributed by atoms with Crippen molar-refractivity contribution in [2.45, 2.75) is 43.7 Å². The number of nitrogens with two attached hydrogens (primary N) is 1. The first-order valence-electron chi connectivity index (χ1n) is 7.18. The molecule has 102 valence electrons. The zero-order valence-corrected chi connectivity index (χ0v) is 11.0. The van der Waals surface area contributed by atoms with Gasteiger partial charge in [0.05, 0.1) is 19.8 Å². The summed E-state index contributed by atoms with van der Waals surface area (Å²) < 4.78 is 5.41. The van der Waals surface area contributed by atoms with Crippen LogP contribution in [0.25, 0.3) is 0 Å². The normalized spacial score (nSPS) is 28.8. The molecule has 5 heteroatoms. The van der Waals surface area contributed by atoms with Crippen LogP contribution in [-0.2, 0) is 4.74 Å². The number of rotatable bonds is 4. The number of hydrogen-bond donors (Lipinski definition) is 2.